The van der Waals surface area contributed by atoms with Crippen molar-refractivity contribution in [3.63, 3.8) is 0 Å². The number of carbonyl (C=O) groups excluding carboxylic acids is 1. The molecule has 0 saturated heterocycles. The fourth-order valence-corrected chi connectivity index (χ4v) is 2.19. The molecular weight excluding hydrogens is 222 g/mol. The number of alkyl halides is 1. The normalized spacial score (nSPS) is 27.7. The van der Waals surface area contributed by atoms with Gasteiger partial charge in [0.1, 0.15) is 10.9 Å². The molecule has 12 heavy (non-hydrogen) atoms. The van der Waals surface area contributed by atoms with Crippen molar-refractivity contribution in [1.82, 2.24) is 4.57 Å². The molecule has 2 heterocycles. The molecule has 3 nitrogen and oxygen atoms in total. The Morgan fingerprint density at radius 3 is 3.08 bits per heavy atom. The maximum Gasteiger partial charge on any atom is 0.247 e. The van der Waals surface area contributed by atoms with Crippen LogP contribution < -0.4 is 0 Å². The van der Waals surface area contributed by atoms with E-state index in [2.05, 4.69) is 15.9 Å². The van der Waals surface area contributed by atoms with E-state index >= 15 is 0 Å². The highest BCUT2D eigenvalue weighted by Crippen LogP contribution is 2.33. The van der Waals surface area contributed by atoms with Crippen LogP contribution in [0.2, 0.25) is 0 Å². The van der Waals surface area contributed by atoms with Gasteiger partial charge in [0.25, 0.3) is 0 Å². The largest absolute Gasteiger partial charge is 0.373 e. The van der Waals surface area contributed by atoms with Crippen molar-refractivity contribution in [2.75, 3.05) is 7.11 Å². The third-order valence-corrected chi connectivity index (χ3v) is 2.94. The van der Waals surface area contributed by atoms with Crippen molar-refractivity contribution >= 4 is 21.8 Å². The Balaban J connectivity index is 2.49. The van der Waals surface area contributed by atoms with Crippen molar-refractivity contribution in [3.8, 4) is 0 Å². The predicted octanol–water partition coefficient (Wildman–Crippen LogP) is 1.59. The monoisotopic (exact) mass is 229 g/mol. The molecule has 0 N–H and O–H groups in total. The van der Waals surface area contributed by atoms with E-state index in [9.17, 15) is 4.79 Å². The number of halogens is 1. The Labute approximate surface area is 78.4 Å². The third-order valence-electron chi connectivity index (χ3n) is 2.06. The molecule has 0 radical (unpaired) electrons. The minimum Gasteiger partial charge on any atom is -0.373 e. The number of aromatic nitrogens is 1. The van der Waals surface area contributed by atoms with E-state index in [4.69, 9.17) is 4.74 Å². The second-order valence-corrected chi connectivity index (χ2v) is 3.69. The van der Waals surface area contributed by atoms with Crippen molar-refractivity contribution in [3.05, 3.63) is 24.0 Å². The molecule has 1 aromatic heterocycles. The molecule has 1 aliphatic rings. The quantitative estimate of drug-likeness (QED) is 0.686. The number of hydrogen-bond donors (Lipinski definition) is 0. The second-order valence-electron chi connectivity index (χ2n) is 2.70. The topological polar surface area (TPSA) is 31.2 Å². The summed E-state index contributed by atoms with van der Waals surface area (Å²) >= 11 is 3.29. The molecule has 0 amide bonds. The lowest BCUT2D eigenvalue weighted by molar-refractivity contribution is 0.0823. The SMILES string of the molecule is CO[C@@H]1c2cccn2C(=O)[C@H]1Br. The van der Waals surface area contributed by atoms with Crippen LogP contribution >= 0.6 is 15.9 Å². The van der Waals surface area contributed by atoms with Crippen LogP contribution in [-0.4, -0.2) is 22.4 Å². The van der Waals surface area contributed by atoms with E-state index in [1.165, 1.54) is 0 Å². The van der Waals surface area contributed by atoms with Crippen molar-refractivity contribution in [2.24, 2.45) is 0 Å². The molecule has 0 fully saturated rings. The van der Waals surface area contributed by atoms with Crippen LogP contribution in [-0.2, 0) is 4.74 Å². The van der Waals surface area contributed by atoms with Crippen molar-refractivity contribution in [1.29, 1.82) is 0 Å². The first-order valence-corrected chi connectivity index (χ1v) is 4.55. The number of carbonyl (C=O) groups is 1. The number of hydrogen-bond acceptors (Lipinski definition) is 2. The summed E-state index contributed by atoms with van der Waals surface area (Å²) in [4.78, 5) is 11.2. The first-order chi connectivity index (χ1) is 5.75. The Morgan fingerprint density at radius 2 is 2.42 bits per heavy atom. The van der Waals surface area contributed by atoms with Gasteiger partial charge in [0.05, 0.1) is 5.69 Å². The maximum atomic E-state index is 11.5. The average Bonchev–Trinajstić information content (AvgIpc) is 2.59. The molecule has 0 saturated carbocycles. The van der Waals surface area contributed by atoms with Crippen LogP contribution in [0.15, 0.2) is 18.3 Å². The Morgan fingerprint density at radius 1 is 1.67 bits per heavy atom. The van der Waals surface area contributed by atoms with Gasteiger partial charge in [-0.15, -0.1) is 0 Å². The van der Waals surface area contributed by atoms with Gasteiger partial charge in [-0.25, -0.2) is 0 Å². The van der Waals surface area contributed by atoms with Gasteiger partial charge in [-0.1, -0.05) is 15.9 Å². The number of methoxy groups -OCH3 is 1. The molecule has 64 valence electrons. The van der Waals surface area contributed by atoms with E-state index in [1.807, 2.05) is 12.1 Å². The van der Waals surface area contributed by atoms with Crippen LogP contribution in [0, 0.1) is 0 Å². The van der Waals surface area contributed by atoms with E-state index in [1.54, 1.807) is 17.9 Å². The van der Waals surface area contributed by atoms with Gasteiger partial charge in [-0.2, -0.15) is 0 Å². The van der Waals surface area contributed by atoms with E-state index in [-0.39, 0.29) is 16.8 Å². The second kappa shape index (κ2) is 2.71. The van der Waals surface area contributed by atoms with Gasteiger partial charge in [0, 0.05) is 13.3 Å². The Hall–Kier alpha value is -0.610. The molecule has 2 rings (SSSR count). The summed E-state index contributed by atoms with van der Waals surface area (Å²) in [7, 11) is 1.61. The van der Waals surface area contributed by atoms with Crippen LogP contribution in [0.3, 0.4) is 0 Å². The molecule has 0 bridgehead atoms. The van der Waals surface area contributed by atoms with Gasteiger partial charge in [0.2, 0.25) is 5.91 Å². The summed E-state index contributed by atoms with van der Waals surface area (Å²) < 4.78 is 6.81. The fourth-order valence-electron chi connectivity index (χ4n) is 1.48. The predicted molar refractivity (Wildman–Crippen MR) is 47.5 cm³/mol. The van der Waals surface area contributed by atoms with Crippen molar-refractivity contribution in [2.45, 2.75) is 10.9 Å². The standard InChI is InChI=1S/C8H8BrNO2/c1-12-7-5-3-2-4-10(5)8(11)6(7)9/h2-4,6-7H,1H3/t6-,7+/m0/s1. The summed E-state index contributed by atoms with van der Waals surface area (Å²) in [5.74, 6) is 0.0434. The van der Waals surface area contributed by atoms with Gasteiger partial charge < -0.3 is 4.74 Å². The number of nitrogens with zero attached hydrogens (tertiary/aromatic N) is 1. The highest BCUT2D eigenvalue weighted by molar-refractivity contribution is 9.10. The van der Waals surface area contributed by atoms with Gasteiger partial charge >= 0.3 is 0 Å². The molecular formula is C8H8BrNO2. The van der Waals surface area contributed by atoms with Crippen molar-refractivity contribution < 1.29 is 9.53 Å². The lowest BCUT2D eigenvalue weighted by Crippen LogP contribution is -2.16. The minimum absolute atomic E-state index is 0.0434. The van der Waals surface area contributed by atoms with Crippen LogP contribution in [0.4, 0.5) is 0 Å². The summed E-state index contributed by atoms with van der Waals surface area (Å²) in [5.41, 5.74) is 0.921. The number of ether oxygens (including phenoxy) is 1. The minimum atomic E-state index is -0.237. The van der Waals surface area contributed by atoms with Gasteiger partial charge in [0.15, 0.2) is 0 Å². The number of fused-ring (bicyclic) bond motifs is 1. The Bertz CT molecular complexity index is 321. The zero-order valence-electron chi connectivity index (χ0n) is 6.53. The molecule has 1 aromatic rings. The molecule has 0 aromatic carbocycles. The van der Waals surface area contributed by atoms with Crippen LogP contribution in [0.1, 0.15) is 16.6 Å². The van der Waals surface area contributed by atoms with Crippen LogP contribution in [0.25, 0.3) is 0 Å². The summed E-state index contributed by atoms with van der Waals surface area (Å²) in [5, 5.41) is 0. The van der Waals surface area contributed by atoms with E-state index in [0.717, 1.165) is 5.69 Å². The molecule has 0 unspecified atom stereocenters. The van der Waals surface area contributed by atoms with Gasteiger partial charge in [-0.3, -0.25) is 9.36 Å². The first kappa shape index (κ1) is 8.01. The molecule has 0 aliphatic carbocycles. The zero-order valence-corrected chi connectivity index (χ0v) is 8.11. The lowest BCUT2D eigenvalue weighted by Gasteiger charge is -2.08. The maximum absolute atomic E-state index is 11.5. The molecule has 2 atom stereocenters. The summed E-state index contributed by atoms with van der Waals surface area (Å²) in [6.07, 6.45) is 1.61. The van der Waals surface area contributed by atoms with Crippen LogP contribution in [0.5, 0.6) is 0 Å². The smallest absolute Gasteiger partial charge is 0.247 e. The summed E-state index contributed by atoms with van der Waals surface area (Å²) in [6, 6.07) is 3.74. The number of rotatable bonds is 1. The molecule has 4 heteroatoms. The Kier molecular flexibility index (Phi) is 1.81. The molecule has 1 aliphatic heterocycles. The first-order valence-electron chi connectivity index (χ1n) is 3.64. The lowest BCUT2D eigenvalue weighted by atomic mass is 10.2. The van der Waals surface area contributed by atoms with Gasteiger partial charge in [-0.05, 0) is 12.1 Å². The highest BCUT2D eigenvalue weighted by Gasteiger charge is 2.37. The average molecular weight is 230 g/mol. The van der Waals surface area contributed by atoms with E-state index in [0.29, 0.717) is 0 Å². The third kappa shape index (κ3) is 0.881. The summed E-state index contributed by atoms with van der Waals surface area (Å²) in [6.45, 7) is 0. The highest BCUT2D eigenvalue weighted by atomic mass is 79.9. The fraction of sp³-hybridized carbons (Fsp3) is 0.375. The van der Waals surface area contributed by atoms with E-state index < -0.39 is 0 Å². The molecule has 0 spiro atoms. The zero-order chi connectivity index (χ0) is 8.72.